The number of rotatable bonds is 3. The molecule has 2 aromatic heterocycles. The zero-order chi connectivity index (χ0) is 20.5. The number of nitrogens with zero attached hydrogens (tertiary/aromatic N) is 3. The van der Waals surface area contributed by atoms with Crippen molar-refractivity contribution in [3.63, 3.8) is 0 Å². The van der Waals surface area contributed by atoms with Crippen LogP contribution < -0.4 is 5.32 Å². The minimum Gasteiger partial charge on any atom is -0.396 e. The number of hydrogen-bond donors (Lipinski definition) is 2. The van der Waals surface area contributed by atoms with Gasteiger partial charge in [0.1, 0.15) is 16.1 Å². The molecule has 6 rings (SSSR count). The summed E-state index contributed by atoms with van der Waals surface area (Å²) in [6.07, 6.45) is 0.0508. The highest BCUT2D eigenvalue weighted by atomic mass is 32.1. The number of amides is 1. The molecule has 156 valence electrons. The fraction of sp³-hybridized carbons (Fsp3) is 0.455. The van der Waals surface area contributed by atoms with Crippen LogP contribution in [0.4, 0.5) is 0 Å². The quantitative estimate of drug-likeness (QED) is 0.669. The number of ether oxygens (including phenoxy) is 1. The van der Waals surface area contributed by atoms with Crippen molar-refractivity contribution in [2.75, 3.05) is 32.8 Å². The van der Waals surface area contributed by atoms with Gasteiger partial charge < -0.3 is 20.1 Å². The van der Waals surface area contributed by atoms with Crippen molar-refractivity contribution in [2.24, 2.45) is 18.9 Å². The number of carbonyl (C=O) groups is 1. The zero-order valence-corrected chi connectivity index (χ0v) is 17.6. The van der Waals surface area contributed by atoms with Crippen LogP contribution >= 0.6 is 11.3 Å². The van der Waals surface area contributed by atoms with Crippen molar-refractivity contribution in [3.8, 4) is 11.3 Å². The van der Waals surface area contributed by atoms with Gasteiger partial charge in [0.2, 0.25) is 0 Å². The number of nitrogens with one attached hydrogen (secondary N) is 1. The van der Waals surface area contributed by atoms with Gasteiger partial charge >= 0.3 is 0 Å². The second-order valence-electron chi connectivity index (χ2n) is 8.66. The molecule has 30 heavy (non-hydrogen) atoms. The highest BCUT2D eigenvalue weighted by molar-refractivity contribution is 7.20. The van der Waals surface area contributed by atoms with Crippen molar-refractivity contribution in [3.05, 3.63) is 41.3 Å². The summed E-state index contributed by atoms with van der Waals surface area (Å²) in [6.45, 7) is 2.84. The zero-order valence-electron chi connectivity index (χ0n) is 16.7. The van der Waals surface area contributed by atoms with Crippen LogP contribution in [0, 0.1) is 11.8 Å². The summed E-state index contributed by atoms with van der Waals surface area (Å²) in [5, 5.41) is 19.0. The maximum atomic E-state index is 13.4. The number of aliphatic hydroxyl groups is 1. The highest BCUT2D eigenvalue weighted by Crippen LogP contribution is 2.47. The van der Waals surface area contributed by atoms with Crippen LogP contribution in [0.1, 0.15) is 9.67 Å². The second-order valence-corrected chi connectivity index (χ2v) is 9.69. The van der Waals surface area contributed by atoms with Crippen molar-refractivity contribution in [1.29, 1.82) is 0 Å². The van der Waals surface area contributed by atoms with Crippen LogP contribution in [0.2, 0.25) is 0 Å². The molecule has 0 unspecified atom stereocenters. The average molecular weight is 425 g/mol. The van der Waals surface area contributed by atoms with Gasteiger partial charge in [0.05, 0.1) is 17.5 Å². The van der Waals surface area contributed by atoms with Gasteiger partial charge in [-0.3, -0.25) is 9.48 Å². The topological polar surface area (TPSA) is 79.6 Å². The molecule has 5 heterocycles. The van der Waals surface area contributed by atoms with Crippen molar-refractivity contribution in [2.45, 2.75) is 11.7 Å². The fourth-order valence-corrected chi connectivity index (χ4v) is 6.61. The van der Waals surface area contributed by atoms with E-state index in [0.29, 0.717) is 13.1 Å². The molecule has 3 aliphatic heterocycles. The summed E-state index contributed by atoms with van der Waals surface area (Å²) in [7, 11) is 1.92. The Labute approximate surface area is 178 Å². The smallest absolute Gasteiger partial charge is 0.264 e. The van der Waals surface area contributed by atoms with Gasteiger partial charge in [-0.2, -0.15) is 5.10 Å². The minimum atomic E-state index is -0.362. The van der Waals surface area contributed by atoms with E-state index in [0.717, 1.165) is 39.4 Å². The maximum Gasteiger partial charge on any atom is 0.264 e. The molecule has 1 amide bonds. The van der Waals surface area contributed by atoms with E-state index in [-0.39, 0.29) is 36.1 Å². The first-order valence-electron chi connectivity index (χ1n) is 10.4. The van der Waals surface area contributed by atoms with Crippen molar-refractivity contribution in [1.82, 2.24) is 20.0 Å². The van der Waals surface area contributed by atoms with Gasteiger partial charge in [0.15, 0.2) is 0 Å². The molecule has 3 saturated heterocycles. The molecule has 1 aromatic carbocycles. The molecule has 8 heteroatoms. The third kappa shape index (κ3) is 2.54. The molecule has 7 nitrogen and oxygen atoms in total. The largest absolute Gasteiger partial charge is 0.396 e. The van der Waals surface area contributed by atoms with E-state index >= 15 is 0 Å². The third-order valence-electron chi connectivity index (χ3n) is 6.97. The number of aliphatic hydroxyl groups excluding tert-OH is 1. The number of likely N-dealkylation sites (tertiary alicyclic amines) is 1. The average Bonchev–Trinajstić information content (AvgIpc) is 3.47. The lowest BCUT2D eigenvalue weighted by Crippen LogP contribution is -2.52. The Kier molecular flexibility index (Phi) is 4.08. The van der Waals surface area contributed by atoms with E-state index in [1.165, 1.54) is 11.3 Å². The molecule has 4 atom stereocenters. The van der Waals surface area contributed by atoms with Crippen molar-refractivity contribution >= 4 is 27.5 Å². The van der Waals surface area contributed by atoms with E-state index < -0.39 is 0 Å². The molecule has 2 bridgehead atoms. The molecule has 2 N–H and O–H groups in total. The number of hydrogen-bond acceptors (Lipinski definition) is 6. The van der Waals surface area contributed by atoms with Gasteiger partial charge in [-0.25, -0.2) is 0 Å². The number of carbonyl (C=O) groups excluding carboxylic acids is 1. The predicted octanol–water partition coefficient (Wildman–Crippen LogP) is 1.72. The molecule has 0 saturated carbocycles. The Bertz CT molecular complexity index is 1130. The normalized spacial score (nSPS) is 30.2. The Morgan fingerprint density at radius 3 is 3.03 bits per heavy atom. The van der Waals surface area contributed by atoms with Crippen LogP contribution in [-0.4, -0.2) is 70.2 Å². The van der Waals surface area contributed by atoms with Gasteiger partial charge in [0.25, 0.3) is 5.91 Å². The Morgan fingerprint density at radius 1 is 1.40 bits per heavy atom. The summed E-state index contributed by atoms with van der Waals surface area (Å²) >= 11 is 1.49. The number of fused-ring (bicyclic) bond motifs is 2. The lowest BCUT2D eigenvalue weighted by Gasteiger charge is -2.33. The number of aromatic nitrogens is 2. The monoisotopic (exact) mass is 424 g/mol. The number of morpholine rings is 1. The molecule has 1 spiro atoms. The SMILES string of the molecule is Cn1nc(-c2ccccc2)c2cc(C(=O)N3C[C@@H]4[C@H](CO)[C@H]5CNC[C@]4(C3)O5)sc21. The maximum absolute atomic E-state index is 13.4. The third-order valence-corrected chi connectivity index (χ3v) is 8.16. The fourth-order valence-electron chi connectivity index (χ4n) is 5.57. The summed E-state index contributed by atoms with van der Waals surface area (Å²) in [4.78, 5) is 17.1. The Balaban J connectivity index is 1.32. The first kappa shape index (κ1) is 18.5. The minimum absolute atomic E-state index is 0.0430. The molecular weight excluding hydrogens is 400 g/mol. The van der Waals surface area contributed by atoms with E-state index in [9.17, 15) is 9.90 Å². The summed E-state index contributed by atoms with van der Waals surface area (Å²) in [5.74, 6) is 0.317. The summed E-state index contributed by atoms with van der Waals surface area (Å²) in [5.41, 5.74) is 1.59. The number of aryl methyl sites for hydroxylation is 1. The number of benzene rings is 1. The van der Waals surface area contributed by atoms with E-state index in [2.05, 4.69) is 10.4 Å². The predicted molar refractivity (Wildman–Crippen MR) is 114 cm³/mol. The molecular formula is C22H24N4O3S. The van der Waals surface area contributed by atoms with Gasteiger partial charge in [-0.15, -0.1) is 11.3 Å². The van der Waals surface area contributed by atoms with Crippen LogP contribution in [-0.2, 0) is 11.8 Å². The lowest BCUT2D eigenvalue weighted by atomic mass is 9.83. The lowest BCUT2D eigenvalue weighted by molar-refractivity contribution is -0.0726. The van der Waals surface area contributed by atoms with Crippen molar-refractivity contribution < 1.29 is 14.6 Å². The molecule has 3 fully saturated rings. The van der Waals surface area contributed by atoms with E-state index in [4.69, 9.17) is 4.74 Å². The summed E-state index contributed by atoms with van der Waals surface area (Å²) < 4.78 is 8.20. The molecule has 3 aromatic rings. The molecule has 3 aliphatic rings. The van der Waals surface area contributed by atoms with Crippen LogP contribution in [0.15, 0.2) is 36.4 Å². The van der Waals surface area contributed by atoms with Gasteiger partial charge in [0, 0.05) is 56.1 Å². The highest BCUT2D eigenvalue weighted by Gasteiger charge is 2.61. The van der Waals surface area contributed by atoms with E-state index in [1.54, 1.807) is 0 Å². The van der Waals surface area contributed by atoms with Gasteiger partial charge in [-0.05, 0) is 6.07 Å². The molecule has 0 radical (unpaired) electrons. The standard InChI is InChI=1S/C22H24N4O3S/c1-25-21-14(19(24-25)13-5-3-2-4-6-13)7-18(30-21)20(28)26-9-16-15(10-27)17-8-23-11-22(16,12-26)29-17/h2-7,15-17,23,27H,8-12H2,1H3/t15-,16+,17+,22+/m0/s1. The Morgan fingerprint density at radius 2 is 2.23 bits per heavy atom. The summed E-state index contributed by atoms with van der Waals surface area (Å²) in [6, 6.07) is 12.1. The van der Waals surface area contributed by atoms with Gasteiger partial charge in [-0.1, -0.05) is 30.3 Å². The number of thiophene rings is 1. The van der Waals surface area contributed by atoms with E-state index in [1.807, 2.05) is 53.0 Å². The second kappa shape index (κ2) is 6.62. The van der Waals surface area contributed by atoms with Crippen LogP contribution in [0.5, 0.6) is 0 Å². The molecule has 0 aliphatic carbocycles. The first-order valence-corrected chi connectivity index (χ1v) is 11.2. The first-order chi connectivity index (χ1) is 14.6. The van der Waals surface area contributed by atoms with Crippen LogP contribution in [0.3, 0.4) is 0 Å². The Hall–Kier alpha value is -2.26. The van der Waals surface area contributed by atoms with Crippen LogP contribution in [0.25, 0.3) is 21.5 Å².